The van der Waals surface area contributed by atoms with E-state index in [1.54, 1.807) is 6.20 Å². The standard InChI is InChI=1S/C9H9BrN4/c10-7-6(9(11)2-3-9)14-5-1-4-12-8(14)13-7/h1,4-5H,2-3,11H2. The number of imidazole rings is 1. The van der Waals surface area contributed by atoms with Crippen molar-refractivity contribution < 1.29 is 0 Å². The molecule has 0 atom stereocenters. The van der Waals surface area contributed by atoms with Gasteiger partial charge < -0.3 is 5.73 Å². The molecule has 0 unspecified atom stereocenters. The lowest BCUT2D eigenvalue weighted by Crippen LogP contribution is -2.21. The van der Waals surface area contributed by atoms with Gasteiger partial charge in [-0.25, -0.2) is 9.97 Å². The number of aromatic nitrogens is 3. The Balaban J connectivity index is 2.36. The highest BCUT2D eigenvalue weighted by atomic mass is 79.9. The molecule has 1 fully saturated rings. The van der Waals surface area contributed by atoms with Crippen LogP contribution in [0.25, 0.3) is 5.78 Å². The van der Waals surface area contributed by atoms with Gasteiger partial charge in [0.2, 0.25) is 5.78 Å². The summed E-state index contributed by atoms with van der Waals surface area (Å²) in [6, 6.07) is 1.89. The van der Waals surface area contributed by atoms with Gasteiger partial charge in [-0.15, -0.1) is 0 Å². The average Bonchev–Trinajstić information content (AvgIpc) is 2.79. The molecule has 4 nitrogen and oxygen atoms in total. The third-order valence-electron chi connectivity index (χ3n) is 2.62. The molecule has 2 aromatic rings. The molecule has 14 heavy (non-hydrogen) atoms. The molecular formula is C9H9BrN4. The van der Waals surface area contributed by atoms with Crippen LogP contribution in [0.1, 0.15) is 18.5 Å². The van der Waals surface area contributed by atoms with E-state index < -0.39 is 0 Å². The van der Waals surface area contributed by atoms with Gasteiger partial charge in [-0.05, 0) is 34.8 Å². The van der Waals surface area contributed by atoms with Gasteiger partial charge in [-0.1, -0.05) is 0 Å². The van der Waals surface area contributed by atoms with E-state index in [2.05, 4.69) is 25.9 Å². The first-order chi connectivity index (χ1) is 6.71. The Morgan fingerprint density at radius 1 is 1.50 bits per heavy atom. The second-order valence-electron chi connectivity index (χ2n) is 3.70. The Morgan fingerprint density at radius 2 is 2.29 bits per heavy atom. The SMILES string of the molecule is NC1(c2c(Br)nc3ncccn23)CC1. The summed E-state index contributed by atoms with van der Waals surface area (Å²) in [5.74, 6) is 0.700. The second kappa shape index (κ2) is 2.55. The highest BCUT2D eigenvalue weighted by Crippen LogP contribution is 2.45. The van der Waals surface area contributed by atoms with Crippen LogP contribution in [-0.4, -0.2) is 14.4 Å². The fraction of sp³-hybridized carbons (Fsp3) is 0.333. The highest BCUT2D eigenvalue weighted by Gasteiger charge is 2.44. The molecule has 1 saturated carbocycles. The predicted molar refractivity (Wildman–Crippen MR) is 55.8 cm³/mol. The van der Waals surface area contributed by atoms with E-state index in [4.69, 9.17) is 5.73 Å². The van der Waals surface area contributed by atoms with Crippen molar-refractivity contribution in [2.24, 2.45) is 5.73 Å². The molecule has 3 rings (SSSR count). The van der Waals surface area contributed by atoms with Gasteiger partial charge in [-0.3, -0.25) is 4.40 Å². The molecule has 2 N–H and O–H groups in total. The first-order valence-electron chi connectivity index (χ1n) is 4.49. The zero-order valence-electron chi connectivity index (χ0n) is 7.44. The van der Waals surface area contributed by atoms with Crippen LogP contribution < -0.4 is 5.73 Å². The van der Waals surface area contributed by atoms with Crippen molar-refractivity contribution in [1.82, 2.24) is 14.4 Å². The van der Waals surface area contributed by atoms with Crippen LogP contribution in [0, 0.1) is 0 Å². The molecule has 0 bridgehead atoms. The lowest BCUT2D eigenvalue weighted by Gasteiger charge is -2.08. The summed E-state index contributed by atoms with van der Waals surface area (Å²) in [5, 5.41) is 0. The lowest BCUT2D eigenvalue weighted by molar-refractivity contribution is 0.692. The Morgan fingerprint density at radius 3 is 3.00 bits per heavy atom. The zero-order chi connectivity index (χ0) is 9.76. The summed E-state index contributed by atoms with van der Waals surface area (Å²) in [6.45, 7) is 0. The topological polar surface area (TPSA) is 56.2 Å². The number of fused-ring (bicyclic) bond motifs is 1. The Labute approximate surface area is 89.3 Å². The third kappa shape index (κ3) is 1.02. The molecular weight excluding hydrogens is 244 g/mol. The fourth-order valence-corrected chi connectivity index (χ4v) is 2.42. The Kier molecular flexibility index (Phi) is 1.52. The number of nitrogens with zero attached hydrogens (tertiary/aromatic N) is 3. The van der Waals surface area contributed by atoms with Crippen LogP contribution >= 0.6 is 15.9 Å². The summed E-state index contributed by atoms with van der Waals surface area (Å²) in [5.41, 5.74) is 7.01. The zero-order valence-corrected chi connectivity index (χ0v) is 9.03. The van der Waals surface area contributed by atoms with Crippen LogP contribution in [-0.2, 0) is 5.54 Å². The summed E-state index contributed by atoms with van der Waals surface area (Å²) < 4.78 is 2.77. The molecule has 0 saturated heterocycles. The van der Waals surface area contributed by atoms with Crippen molar-refractivity contribution in [1.29, 1.82) is 0 Å². The smallest absolute Gasteiger partial charge is 0.235 e. The van der Waals surface area contributed by atoms with E-state index in [0.29, 0.717) is 5.78 Å². The summed E-state index contributed by atoms with van der Waals surface area (Å²) in [4.78, 5) is 8.48. The summed E-state index contributed by atoms with van der Waals surface area (Å²) >= 11 is 3.43. The molecule has 2 aromatic heterocycles. The van der Waals surface area contributed by atoms with Gasteiger partial charge in [-0.2, -0.15) is 0 Å². The van der Waals surface area contributed by atoms with Crippen molar-refractivity contribution in [2.75, 3.05) is 0 Å². The van der Waals surface area contributed by atoms with Crippen molar-refractivity contribution >= 4 is 21.7 Å². The maximum absolute atomic E-state index is 6.16. The number of nitrogens with two attached hydrogens (primary N) is 1. The molecule has 0 spiro atoms. The van der Waals surface area contributed by atoms with Crippen LogP contribution in [0.4, 0.5) is 0 Å². The molecule has 1 aliphatic rings. The number of hydrogen-bond acceptors (Lipinski definition) is 3. The van der Waals surface area contributed by atoms with E-state index in [1.807, 2.05) is 16.7 Å². The maximum atomic E-state index is 6.16. The van der Waals surface area contributed by atoms with Gasteiger partial charge in [0.05, 0.1) is 11.2 Å². The van der Waals surface area contributed by atoms with Gasteiger partial charge >= 0.3 is 0 Å². The monoisotopic (exact) mass is 252 g/mol. The maximum Gasteiger partial charge on any atom is 0.235 e. The van der Waals surface area contributed by atoms with Gasteiger partial charge in [0.25, 0.3) is 0 Å². The van der Waals surface area contributed by atoms with E-state index in [0.717, 1.165) is 23.1 Å². The van der Waals surface area contributed by atoms with E-state index in [-0.39, 0.29) is 5.54 Å². The average molecular weight is 253 g/mol. The lowest BCUT2D eigenvalue weighted by atomic mass is 10.2. The van der Waals surface area contributed by atoms with Crippen LogP contribution in [0.2, 0.25) is 0 Å². The molecule has 5 heteroatoms. The minimum atomic E-state index is -0.193. The molecule has 0 aromatic carbocycles. The highest BCUT2D eigenvalue weighted by molar-refractivity contribution is 9.10. The second-order valence-corrected chi connectivity index (χ2v) is 4.45. The number of rotatable bonds is 1. The molecule has 1 aliphatic carbocycles. The molecule has 0 amide bonds. The number of hydrogen-bond donors (Lipinski definition) is 1. The quantitative estimate of drug-likeness (QED) is 0.836. The third-order valence-corrected chi connectivity index (χ3v) is 3.17. The predicted octanol–water partition coefficient (Wildman–Crippen LogP) is 1.44. The first-order valence-corrected chi connectivity index (χ1v) is 5.28. The van der Waals surface area contributed by atoms with E-state index in [9.17, 15) is 0 Å². The van der Waals surface area contributed by atoms with Crippen LogP contribution in [0.5, 0.6) is 0 Å². The van der Waals surface area contributed by atoms with Crippen molar-refractivity contribution in [2.45, 2.75) is 18.4 Å². The minimum absolute atomic E-state index is 0.193. The molecule has 0 radical (unpaired) electrons. The van der Waals surface area contributed by atoms with E-state index in [1.165, 1.54) is 0 Å². The van der Waals surface area contributed by atoms with Crippen LogP contribution in [0.3, 0.4) is 0 Å². The number of halogens is 1. The van der Waals surface area contributed by atoms with Crippen molar-refractivity contribution in [3.63, 3.8) is 0 Å². The molecule has 72 valence electrons. The van der Waals surface area contributed by atoms with Gasteiger partial charge in [0, 0.05) is 12.4 Å². The normalized spacial score (nSPS) is 18.7. The van der Waals surface area contributed by atoms with Crippen molar-refractivity contribution in [3.05, 3.63) is 28.8 Å². The van der Waals surface area contributed by atoms with Crippen LogP contribution in [0.15, 0.2) is 23.1 Å². The van der Waals surface area contributed by atoms with Gasteiger partial charge in [0.1, 0.15) is 4.60 Å². The largest absolute Gasteiger partial charge is 0.320 e. The molecule has 0 aliphatic heterocycles. The van der Waals surface area contributed by atoms with Gasteiger partial charge in [0.15, 0.2) is 0 Å². The first kappa shape index (κ1) is 8.38. The summed E-state index contributed by atoms with van der Waals surface area (Å²) in [7, 11) is 0. The Hall–Kier alpha value is -0.940. The summed E-state index contributed by atoms with van der Waals surface area (Å²) in [6.07, 6.45) is 5.72. The fourth-order valence-electron chi connectivity index (χ4n) is 1.68. The van der Waals surface area contributed by atoms with E-state index >= 15 is 0 Å². The van der Waals surface area contributed by atoms with Crippen molar-refractivity contribution in [3.8, 4) is 0 Å². The minimum Gasteiger partial charge on any atom is -0.320 e. The molecule has 2 heterocycles. The Bertz CT molecular complexity index is 500.